The zero-order chi connectivity index (χ0) is 8.23. The topological polar surface area (TPSA) is 12.0 Å². The van der Waals surface area contributed by atoms with Crippen LogP contribution in [0.2, 0.25) is 0 Å². The molecule has 0 spiro atoms. The first-order chi connectivity index (χ1) is 5.95. The van der Waals surface area contributed by atoms with Gasteiger partial charge in [0, 0.05) is 17.0 Å². The van der Waals surface area contributed by atoms with E-state index in [0.717, 1.165) is 10.5 Å². The molecule has 1 atom stereocenters. The van der Waals surface area contributed by atoms with Crippen molar-refractivity contribution >= 4 is 24.2 Å². The summed E-state index contributed by atoms with van der Waals surface area (Å²) < 4.78 is 0. The molecule has 78 valence electrons. The molecule has 1 aliphatic carbocycles. The SMILES string of the molecule is C1CCC(SC2CCNC2)CC1.Cl. The van der Waals surface area contributed by atoms with Crippen LogP contribution in [0.25, 0.3) is 0 Å². The van der Waals surface area contributed by atoms with Crippen molar-refractivity contribution < 1.29 is 0 Å². The first kappa shape index (κ1) is 11.7. The van der Waals surface area contributed by atoms with Gasteiger partial charge >= 0.3 is 0 Å². The second kappa shape index (κ2) is 6.15. The molecule has 2 fully saturated rings. The maximum absolute atomic E-state index is 3.44. The second-order valence-corrected chi connectivity index (χ2v) is 5.62. The molecule has 0 aromatic heterocycles. The maximum atomic E-state index is 3.44. The average molecular weight is 222 g/mol. The molecule has 1 aliphatic heterocycles. The number of halogens is 1. The minimum atomic E-state index is 0. The van der Waals surface area contributed by atoms with Crippen molar-refractivity contribution in [2.24, 2.45) is 0 Å². The Kier molecular flexibility index (Phi) is 5.52. The molecule has 1 unspecified atom stereocenters. The maximum Gasteiger partial charge on any atom is 0.0187 e. The van der Waals surface area contributed by atoms with Crippen LogP contribution in [0, 0.1) is 0 Å². The highest BCUT2D eigenvalue weighted by molar-refractivity contribution is 8.00. The predicted molar refractivity (Wildman–Crippen MR) is 63.0 cm³/mol. The molecule has 13 heavy (non-hydrogen) atoms. The Morgan fingerprint density at radius 1 is 0.923 bits per heavy atom. The van der Waals surface area contributed by atoms with Gasteiger partial charge in [-0.2, -0.15) is 11.8 Å². The Labute approximate surface area is 91.8 Å². The van der Waals surface area contributed by atoms with E-state index in [1.807, 2.05) is 0 Å². The van der Waals surface area contributed by atoms with E-state index in [1.165, 1.54) is 51.6 Å². The number of hydrogen-bond donors (Lipinski definition) is 1. The van der Waals surface area contributed by atoms with E-state index in [0.29, 0.717) is 0 Å². The lowest BCUT2D eigenvalue weighted by Gasteiger charge is -2.23. The molecule has 0 aromatic rings. The monoisotopic (exact) mass is 221 g/mol. The van der Waals surface area contributed by atoms with Crippen molar-refractivity contribution in [3.8, 4) is 0 Å². The van der Waals surface area contributed by atoms with Gasteiger partial charge in [0.2, 0.25) is 0 Å². The fourth-order valence-corrected chi connectivity index (χ4v) is 3.84. The highest BCUT2D eigenvalue weighted by Gasteiger charge is 2.21. The van der Waals surface area contributed by atoms with Crippen LogP contribution in [-0.2, 0) is 0 Å². The third-order valence-electron chi connectivity index (χ3n) is 2.95. The molecule has 0 radical (unpaired) electrons. The Hall–Kier alpha value is 0.600. The Morgan fingerprint density at radius 3 is 2.31 bits per heavy atom. The molecule has 1 nitrogen and oxygen atoms in total. The van der Waals surface area contributed by atoms with Crippen LogP contribution < -0.4 is 5.32 Å². The van der Waals surface area contributed by atoms with Gasteiger partial charge in [-0.25, -0.2) is 0 Å². The summed E-state index contributed by atoms with van der Waals surface area (Å²) in [6, 6.07) is 0. The first-order valence-electron chi connectivity index (χ1n) is 5.31. The molecule has 0 bridgehead atoms. The molecule has 1 heterocycles. The minimum Gasteiger partial charge on any atom is -0.316 e. The number of hydrogen-bond acceptors (Lipinski definition) is 2. The Bertz CT molecular complexity index is 131. The third-order valence-corrected chi connectivity index (χ3v) is 4.60. The fraction of sp³-hybridized carbons (Fsp3) is 1.00. The summed E-state index contributed by atoms with van der Waals surface area (Å²) in [5.74, 6) is 0. The van der Waals surface area contributed by atoms with Gasteiger partial charge in [-0.05, 0) is 25.8 Å². The number of nitrogens with one attached hydrogen (secondary N) is 1. The molecule has 0 aromatic carbocycles. The van der Waals surface area contributed by atoms with Crippen molar-refractivity contribution in [1.29, 1.82) is 0 Å². The van der Waals surface area contributed by atoms with E-state index < -0.39 is 0 Å². The summed E-state index contributed by atoms with van der Waals surface area (Å²) in [7, 11) is 0. The first-order valence-corrected chi connectivity index (χ1v) is 6.25. The van der Waals surface area contributed by atoms with Crippen LogP contribution in [0.15, 0.2) is 0 Å². The zero-order valence-electron chi connectivity index (χ0n) is 8.13. The van der Waals surface area contributed by atoms with Gasteiger partial charge in [-0.1, -0.05) is 19.3 Å². The van der Waals surface area contributed by atoms with E-state index in [1.54, 1.807) is 0 Å². The van der Waals surface area contributed by atoms with Crippen LogP contribution >= 0.6 is 24.2 Å². The molecule has 1 saturated heterocycles. The van der Waals surface area contributed by atoms with Crippen LogP contribution in [0.1, 0.15) is 38.5 Å². The molecule has 0 amide bonds. The molecular formula is C10H20ClNS. The van der Waals surface area contributed by atoms with Gasteiger partial charge < -0.3 is 5.32 Å². The number of thioether (sulfide) groups is 1. The largest absolute Gasteiger partial charge is 0.316 e. The smallest absolute Gasteiger partial charge is 0.0187 e. The van der Waals surface area contributed by atoms with E-state index in [9.17, 15) is 0 Å². The van der Waals surface area contributed by atoms with E-state index in [-0.39, 0.29) is 12.4 Å². The average Bonchev–Trinajstić information content (AvgIpc) is 2.59. The third kappa shape index (κ3) is 3.69. The van der Waals surface area contributed by atoms with Crippen molar-refractivity contribution in [2.45, 2.75) is 49.0 Å². The van der Waals surface area contributed by atoms with Crippen molar-refractivity contribution in [1.82, 2.24) is 5.32 Å². The molecule has 2 aliphatic rings. The molecule has 3 heteroatoms. The quantitative estimate of drug-likeness (QED) is 0.770. The lowest BCUT2D eigenvalue weighted by atomic mass is 10.0. The number of rotatable bonds is 2. The highest BCUT2D eigenvalue weighted by atomic mass is 35.5. The standard InChI is InChI=1S/C10H19NS.ClH/c1-2-4-9(5-3-1)12-10-6-7-11-8-10;/h9-11H,1-8H2;1H. The zero-order valence-corrected chi connectivity index (χ0v) is 9.76. The summed E-state index contributed by atoms with van der Waals surface area (Å²) in [6.07, 6.45) is 8.83. The van der Waals surface area contributed by atoms with Crippen LogP contribution in [0.3, 0.4) is 0 Å². The van der Waals surface area contributed by atoms with Crippen molar-refractivity contribution in [3.63, 3.8) is 0 Å². The molecular weight excluding hydrogens is 202 g/mol. The Balaban J connectivity index is 0.000000845. The molecule has 1 N–H and O–H groups in total. The van der Waals surface area contributed by atoms with Gasteiger partial charge in [0.15, 0.2) is 0 Å². The van der Waals surface area contributed by atoms with Gasteiger partial charge in [-0.3, -0.25) is 0 Å². The van der Waals surface area contributed by atoms with Crippen LogP contribution in [-0.4, -0.2) is 23.6 Å². The van der Waals surface area contributed by atoms with Gasteiger partial charge in [0.05, 0.1) is 0 Å². The normalized spacial score (nSPS) is 30.0. The summed E-state index contributed by atoms with van der Waals surface area (Å²) in [5, 5.41) is 5.38. The lowest BCUT2D eigenvalue weighted by Crippen LogP contribution is -2.16. The molecule has 1 saturated carbocycles. The van der Waals surface area contributed by atoms with E-state index in [2.05, 4.69) is 17.1 Å². The summed E-state index contributed by atoms with van der Waals surface area (Å²) in [6.45, 7) is 2.52. The van der Waals surface area contributed by atoms with Crippen LogP contribution in [0.4, 0.5) is 0 Å². The summed E-state index contributed by atoms with van der Waals surface area (Å²) in [4.78, 5) is 0. The van der Waals surface area contributed by atoms with Crippen molar-refractivity contribution in [3.05, 3.63) is 0 Å². The highest BCUT2D eigenvalue weighted by Crippen LogP contribution is 2.32. The lowest BCUT2D eigenvalue weighted by molar-refractivity contribution is 0.515. The van der Waals surface area contributed by atoms with Crippen LogP contribution in [0.5, 0.6) is 0 Å². The van der Waals surface area contributed by atoms with Gasteiger partial charge in [0.1, 0.15) is 0 Å². The predicted octanol–water partition coefficient (Wildman–Crippen LogP) is 2.84. The second-order valence-electron chi connectivity index (χ2n) is 4.01. The summed E-state index contributed by atoms with van der Waals surface area (Å²) >= 11 is 2.27. The summed E-state index contributed by atoms with van der Waals surface area (Å²) in [5.41, 5.74) is 0. The fourth-order valence-electron chi connectivity index (χ4n) is 2.22. The Morgan fingerprint density at radius 2 is 1.69 bits per heavy atom. The van der Waals surface area contributed by atoms with Gasteiger partial charge in [-0.15, -0.1) is 12.4 Å². The van der Waals surface area contributed by atoms with E-state index >= 15 is 0 Å². The van der Waals surface area contributed by atoms with E-state index in [4.69, 9.17) is 0 Å². The van der Waals surface area contributed by atoms with Crippen molar-refractivity contribution in [2.75, 3.05) is 13.1 Å². The van der Waals surface area contributed by atoms with Gasteiger partial charge in [0.25, 0.3) is 0 Å². The minimum absolute atomic E-state index is 0. The molecule has 2 rings (SSSR count).